The van der Waals surface area contributed by atoms with Crippen LogP contribution in [-0.2, 0) is 16.8 Å². The van der Waals surface area contributed by atoms with Crippen LogP contribution in [0.3, 0.4) is 0 Å². The van der Waals surface area contributed by atoms with E-state index in [1.54, 1.807) is 0 Å². The van der Waals surface area contributed by atoms with Crippen LogP contribution >= 0.6 is 0 Å². The standard InChI is InChI=1S/C45H32N4O.C6H5.Co/c1-28-43-41(31-18-10-4-11-19-31)37-26-24-35(47-37)39(29-14-6-2-7-15-29)33-22-23-34(46-33)40(30-16-8-3-9-17-30)36-25-27-38(48-36)42(44(49-43)45(28)50)32-20-12-5-13-21-32;1-2-4-6-5-3-1;/h2-28,45,50H,1H3;1-5H;/q-2;-1;+3/t28-,45+;;/m1../s1. The molecule has 0 saturated heterocycles. The number of rotatable bonds is 4. The predicted octanol–water partition coefficient (Wildman–Crippen LogP) is 11.7. The molecule has 2 aliphatic heterocycles. The van der Waals surface area contributed by atoms with Crippen molar-refractivity contribution in [1.29, 1.82) is 0 Å². The van der Waals surface area contributed by atoms with Crippen molar-refractivity contribution in [2.24, 2.45) is 0 Å². The van der Waals surface area contributed by atoms with E-state index in [1.165, 1.54) is 0 Å². The van der Waals surface area contributed by atoms with Gasteiger partial charge in [0.2, 0.25) is 0 Å². The molecule has 0 amide bonds. The van der Waals surface area contributed by atoms with Crippen LogP contribution in [0.2, 0.25) is 0 Å². The van der Waals surface area contributed by atoms with Gasteiger partial charge in [-0.3, -0.25) is 4.98 Å². The molecule has 0 spiro atoms. The summed E-state index contributed by atoms with van der Waals surface area (Å²) >= 11 is 0. The van der Waals surface area contributed by atoms with Gasteiger partial charge in [-0.05, 0) is 56.7 Å². The van der Waals surface area contributed by atoms with Crippen molar-refractivity contribution in [2.75, 3.05) is 0 Å². The van der Waals surface area contributed by atoms with E-state index in [9.17, 15) is 5.11 Å². The molecule has 1 N–H and O–H groups in total. The van der Waals surface area contributed by atoms with E-state index in [-0.39, 0.29) is 22.7 Å². The molecule has 10 rings (SSSR count). The zero-order valence-electron chi connectivity index (χ0n) is 31.1. The number of aromatic nitrogens is 4. The normalized spacial score (nSPS) is 14.3. The second kappa shape index (κ2) is 16.7. The summed E-state index contributed by atoms with van der Waals surface area (Å²) in [5, 5.41) is 12.1. The molecule has 5 heterocycles. The molecule has 2 aliphatic rings. The Kier molecular flexibility index (Phi) is 10.9. The summed E-state index contributed by atoms with van der Waals surface area (Å²) in [5.74, 6) is -0.299. The van der Waals surface area contributed by atoms with E-state index in [4.69, 9.17) is 19.9 Å². The minimum absolute atomic E-state index is 0. The first-order valence-corrected chi connectivity index (χ1v) is 18.8. The number of nitrogens with zero attached hydrogens (tertiary/aromatic N) is 4. The maximum Gasteiger partial charge on any atom is 3.00 e. The van der Waals surface area contributed by atoms with Gasteiger partial charge in [-0.1, -0.05) is 153 Å². The van der Waals surface area contributed by atoms with Gasteiger partial charge < -0.3 is 15.1 Å². The van der Waals surface area contributed by atoms with E-state index >= 15 is 0 Å². The maximum absolute atomic E-state index is 12.1. The average Bonchev–Trinajstić information content (AvgIpc) is 4.09. The summed E-state index contributed by atoms with van der Waals surface area (Å²) in [6.07, 6.45) is 3.31. The predicted molar refractivity (Wildman–Crippen MR) is 228 cm³/mol. The van der Waals surface area contributed by atoms with Gasteiger partial charge in [0.25, 0.3) is 0 Å². The molecular formula is C51H37CoN4O. The Bertz CT molecular complexity index is 2610. The molecule has 276 valence electrons. The molecule has 0 saturated carbocycles. The zero-order chi connectivity index (χ0) is 37.8. The number of fused-ring (bicyclic) bond motifs is 8. The first kappa shape index (κ1) is 37.4. The van der Waals surface area contributed by atoms with Crippen molar-refractivity contribution < 1.29 is 21.9 Å². The molecule has 5 aromatic carbocycles. The number of hydrogen-bond acceptors (Lipinski definition) is 3. The molecule has 0 fully saturated rings. The molecular weight excluding hydrogens is 744 g/mol. The van der Waals surface area contributed by atoms with Crippen LogP contribution in [0.1, 0.15) is 41.7 Å². The third-order valence-corrected chi connectivity index (χ3v) is 10.3. The Balaban J connectivity index is 0.000000598. The second-order valence-electron chi connectivity index (χ2n) is 13.8. The van der Waals surface area contributed by atoms with Gasteiger partial charge in [-0.2, -0.15) is 36.4 Å². The fourth-order valence-corrected chi connectivity index (χ4v) is 7.56. The van der Waals surface area contributed by atoms with Gasteiger partial charge in [0.1, 0.15) is 6.10 Å². The van der Waals surface area contributed by atoms with Gasteiger partial charge in [-0.25, -0.2) is 4.98 Å². The topological polar surface area (TPSA) is 74.2 Å². The fourth-order valence-electron chi connectivity index (χ4n) is 7.56. The Hall–Kier alpha value is -6.57. The third kappa shape index (κ3) is 7.42. The summed E-state index contributed by atoms with van der Waals surface area (Å²) in [6, 6.07) is 61.7. The van der Waals surface area contributed by atoms with E-state index in [2.05, 4.69) is 84.9 Å². The Morgan fingerprint density at radius 2 is 0.789 bits per heavy atom. The van der Waals surface area contributed by atoms with Crippen LogP contribution in [0.5, 0.6) is 0 Å². The first-order chi connectivity index (χ1) is 27.6. The van der Waals surface area contributed by atoms with Crippen LogP contribution in [0.4, 0.5) is 0 Å². The Morgan fingerprint density at radius 1 is 0.439 bits per heavy atom. The molecule has 8 bridgehead atoms. The summed E-state index contributed by atoms with van der Waals surface area (Å²) in [4.78, 5) is 21.2. The van der Waals surface area contributed by atoms with Crippen molar-refractivity contribution in [2.45, 2.75) is 18.9 Å². The Morgan fingerprint density at radius 3 is 1.16 bits per heavy atom. The zero-order valence-corrected chi connectivity index (χ0v) is 32.2. The number of benzene rings is 5. The van der Waals surface area contributed by atoms with Crippen LogP contribution < -0.4 is 9.97 Å². The third-order valence-electron chi connectivity index (χ3n) is 10.3. The minimum Gasteiger partial charge on any atom is -0.657 e. The second-order valence-corrected chi connectivity index (χ2v) is 13.8. The van der Waals surface area contributed by atoms with Crippen LogP contribution in [-0.4, -0.2) is 15.1 Å². The first-order valence-electron chi connectivity index (χ1n) is 18.8. The summed E-state index contributed by atoms with van der Waals surface area (Å²) in [6.45, 7) is 2.04. The molecule has 0 aliphatic carbocycles. The quantitative estimate of drug-likeness (QED) is 0.180. The fraction of sp³-hybridized carbons (Fsp3) is 0.0588. The average molecular weight is 781 g/mol. The molecule has 57 heavy (non-hydrogen) atoms. The van der Waals surface area contributed by atoms with Crippen LogP contribution in [0.25, 0.3) is 78.7 Å². The molecule has 3 aromatic heterocycles. The van der Waals surface area contributed by atoms with Crippen molar-refractivity contribution in [3.8, 4) is 44.5 Å². The number of aliphatic hydroxyl groups is 1. The Labute approximate surface area is 342 Å². The number of aliphatic hydroxyl groups excluding tert-OH is 1. The molecule has 0 unspecified atom stereocenters. The molecule has 6 heteroatoms. The molecule has 8 aromatic rings. The largest absolute Gasteiger partial charge is 3.00 e. The summed E-state index contributed by atoms with van der Waals surface area (Å²) in [7, 11) is 0. The van der Waals surface area contributed by atoms with E-state index in [0.29, 0.717) is 5.69 Å². The van der Waals surface area contributed by atoms with Crippen molar-refractivity contribution in [3.63, 3.8) is 0 Å². The molecule has 0 radical (unpaired) electrons. The van der Waals surface area contributed by atoms with Crippen molar-refractivity contribution in [1.82, 2.24) is 19.9 Å². The van der Waals surface area contributed by atoms with Crippen LogP contribution in [0, 0.1) is 6.07 Å². The van der Waals surface area contributed by atoms with E-state index < -0.39 is 6.10 Å². The van der Waals surface area contributed by atoms with Crippen LogP contribution in [0.15, 0.2) is 176 Å². The SMILES string of the molecule is C[C@@H]1c2nc(c(-c3ccccc3)c3ccc([n-]3)c(-c3ccccc3)c3nc(c(-c4ccccc4)c4ccc([n-]4)c2-c2ccccc2)C=C3)[C@H]1O.[Co+3].[c-]1ccccc1. The van der Waals surface area contributed by atoms with E-state index in [0.717, 1.165) is 83.7 Å². The summed E-state index contributed by atoms with van der Waals surface area (Å²) in [5.41, 5.74) is 13.8. The van der Waals surface area contributed by atoms with Gasteiger partial charge in [0.15, 0.2) is 0 Å². The van der Waals surface area contributed by atoms with Crippen molar-refractivity contribution >= 4 is 34.2 Å². The molecule has 5 nitrogen and oxygen atoms in total. The maximum atomic E-state index is 12.1. The summed E-state index contributed by atoms with van der Waals surface area (Å²) < 4.78 is 0. The number of hydrogen-bond donors (Lipinski definition) is 1. The molecule has 2 atom stereocenters. The van der Waals surface area contributed by atoms with E-state index in [1.807, 2.05) is 116 Å². The van der Waals surface area contributed by atoms with Gasteiger partial charge in [-0.15, -0.1) is 22.1 Å². The van der Waals surface area contributed by atoms with Gasteiger partial charge in [0, 0.05) is 5.92 Å². The smallest absolute Gasteiger partial charge is 0.657 e. The minimum atomic E-state index is -0.855. The van der Waals surface area contributed by atoms with Crippen molar-refractivity contribution in [3.05, 3.63) is 205 Å². The monoisotopic (exact) mass is 780 g/mol. The van der Waals surface area contributed by atoms with Gasteiger partial charge >= 0.3 is 16.8 Å². The van der Waals surface area contributed by atoms with Gasteiger partial charge in [0.05, 0.1) is 22.8 Å².